The van der Waals surface area contributed by atoms with E-state index >= 15 is 0 Å². The monoisotopic (exact) mass is 465 g/mol. The summed E-state index contributed by atoms with van der Waals surface area (Å²) < 4.78 is 6.13. The van der Waals surface area contributed by atoms with E-state index < -0.39 is 0 Å². The Bertz CT molecular complexity index is 1020. The molecule has 0 aromatic heterocycles. The van der Waals surface area contributed by atoms with Crippen LogP contribution in [0.2, 0.25) is 0 Å². The Morgan fingerprint density at radius 2 is 1.73 bits per heavy atom. The van der Waals surface area contributed by atoms with Gasteiger partial charge in [0, 0.05) is 23.2 Å². The van der Waals surface area contributed by atoms with Gasteiger partial charge in [-0.15, -0.1) is 0 Å². The minimum atomic E-state index is 0.143. The quantitative estimate of drug-likeness (QED) is 0.186. The Morgan fingerprint density at radius 3 is 2.27 bits per heavy atom. The van der Waals surface area contributed by atoms with Crippen LogP contribution in [0.15, 0.2) is 112 Å². The lowest BCUT2D eigenvalue weighted by Gasteiger charge is -2.17. The molecule has 4 nitrogen and oxygen atoms in total. The molecule has 5 heteroatoms. The van der Waals surface area contributed by atoms with Crippen LogP contribution in [0.4, 0.5) is 0 Å². The first kappa shape index (κ1) is 28.0. The molecule has 0 heterocycles. The third-order valence-electron chi connectivity index (χ3n) is 4.82. The van der Waals surface area contributed by atoms with Gasteiger partial charge in [-0.2, -0.15) is 0 Å². The summed E-state index contributed by atoms with van der Waals surface area (Å²) in [7, 11) is 0. The fraction of sp³-hybridized carbons (Fsp3) is 0.250. The van der Waals surface area contributed by atoms with Crippen molar-refractivity contribution in [1.82, 2.24) is 0 Å². The van der Waals surface area contributed by atoms with Crippen molar-refractivity contribution in [2.45, 2.75) is 41.0 Å². The zero-order chi connectivity index (χ0) is 24.8. The van der Waals surface area contributed by atoms with Crippen molar-refractivity contribution in [1.29, 1.82) is 5.41 Å². The van der Waals surface area contributed by atoms with E-state index in [-0.39, 0.29) is 11.6 Å². The molecule has 33 heavy (non-hydrogen) atoms. The average Bonchev–Trinajstić information content (AvgIpc) is 2.80. The molecule has 0 fully saturated rings. The van der Waals surface area contributed by atoms with Crippen LogP contribution in [-0.4, -0.2) is 12.3 Å². The Labute approximate surface area is 203 Å². The van der Waals surface area contributed by atoms with Gasteiger partial charge in [-0.1, -0.05) is 73.2 Å². The predicted octanol–water partition coefficient (Wildman–Crippen LogP) is 7.03. The fourth-order valence-electron chi connectivity index (χ4n) is 2.84. The van der Waals surface area contributed by atoms with Gasteiger partial charge >= 0.3 is 0 Å². The highest BCUT2D eigenvalue weighted by molar-refractivity contribution is 6.29. The van der Waals surface area contributed by atoms with Crippen LogP contribution in [0.25, 0.3) is 0 Å². The van der Waals surface area contributed by atoms with E-state index in [1.165, 1.54) is 6.08 Å². The van der Waals surface area contributed by atoms with E-state index in [4.69, 9.17) is 33.2 Å². The van der Waals surface area contributed by atoms with Gasteiger partial charge in [-0.25, -0.2) is 0 Å². The number of rotatable bonds is 11. The highest BCUT2D eigenvalue weighted by atomic mass is 35.5. The average molecular weight is 466 g/mol. The van der Waals surface area contributed by atoms with Crippen molar-refractivity contribution < 1.29 is 4.74 Å². The number of benzene rings is 1. The SMILES string of the molecule is C\C=C\C(=C/C=C(C)/C(=C/C=C(\C)Cl)C(/O/C(N)=C/C(=N)c1ccccc1)=C(/C)CC)CN. The highest BCUT2D eigenvalue weighted by Gasteiger charge is 2.14. The van der Waals surface area contributed by atoms with Crippen LogP contribution >= 0.6 is 11.6 Å². The van der Waals surface area contributed by atoms with Crippen molar-refractivity contribution in [2.75, 3.05) is 6.54 Å². The summed E-state index contributed by atoms with van der Waals surface area (Å²) in [6, 6.07) is 9.39. The topological polar surface area (TPSA) is 85.1 Å². The van der Waals surface area contributed by atoms with Crippen molar-refractivity contribution >= 4 is 17.3 Å². The molecular formula is C28H36ClN3O. The van der Waals surface area contributed by atoms with E-state index in [0.29, 0.717) is 17.3 Å². The van der Waals surface area contributed by atoms with Gasteiger partial charge in [0.15, 0.2) is 5.88 Å². The fourth-order valence-corrected chi connectivity index (χ4v) is 2.90. The molecule has 1 aromatic carbocycles. The Hall–Kier alpha value is -3.08. The lowest BCUT2D eigenvalue weighted by Crippen LogP contribution is -2.10. The third-order valence-corrected chi connectivity index (χ3v) is 4.95. The summed E-state index contributed by atoms with van der Waals surface area (Å²) in [6.45, 7) is 10.3. The van der Waals surface area contributed by atoms with Crippen molar-refractivity contribution in [3.05, 3.63) is 117 Å². The number of hydrogen-bond donors (Lipinski definition) is 3. The third kappa shape index (κ3) is 9.94. The molecule has 176 valence electrons. The number of halogens is 1. The minimum absolute atomic E-state index is 0.143. The molecule has 0 aliphatic rings. The second kappa shape index (κ2) is 14.9. The molecule has 0 aliphatic carbocycles. The van der Waals surface area contributed by atoms with Gasteiger partial charge in [0.25, 0.3) is 0 Å². The Morgan fingerprint density at radius 1 is 1.06 bits per heavy atom. The van der Waals surface area contributed by atoms with E-state index in [1.807, 2.05) is 94.5 Å². The van der Waals surface area contributed by atoms with E-state index in [9.17, 15) is 0 Å². The summed E-state index contributed by atoms with van der Waals surface area (Å²) in [4.78, 5) is 0. The second-order valence-electron chi connectivity index (χ2n) is 7.52. The molecular weight excluding hydrogens is 430 g/mol. The first-order chi connectivity index (χ1) is 15.7. The van der Waals surface area contributed by atoms with Gasteiger partial charge in [0.05, 0.1) is 5.71 Å². The lowest BCUT2D eigenvalue weighted by atomic mass is 9.99. The Kier molecular flexibility index (Phi) is 12.6. The standard InChI is InChI=1S/C28H36ClN3O/c1-6-11-23(19-30)16-14-21(4)25(17-15-22(5)29)28(20(3)7-2)33-27(32)18-26(31)24-12-9-8-10-13-24/h6,8-18,31H,7,19,30,32H2,1-5H3/b11-6+,21-14+,22-15+,23-16+,25-17-,27-18+,28-20+,31-26?. The molecule has 0 amide bonds. The smallest absolute Gasteiger partial charge is 0.193 e. The number of nitrogens with one attached hydrogen (secondary N) is 1. The maximum Gasteiger partial charge on any atom is 0.193 e. The molecule has 0 bridgehead atoms. The van der Waals surface area contributed by atoms with Gasteiger partial charge in [-0.3, -0.25) is 0 Å². The number of allylic oxidation sites excluding steroid dienone is 9. The molecule has 5 N–H and O–H groups in total. The summed E-state index contributed by atoms with van der Waals surface area (Å²) in [5.41, 5.74) is 16.9. The number of hydrogen-bond acceptors (Lipinski definition) is 4. The zero-order valence-electron chi connectivity index (χ0n) is 20.3. The van der Waals surface area contributed by atoms with Crippen LogP contribution in [0.1, 0.15) is 46.6 Å². The molecule has 0 saturated heterocycles. The maximum atomic E-state index is 8.33. The van der Waals surface area contributed by atoms with Gasteiger partial charge < -0.3 is 21.6 Å². The van der Waals surface area contributed by atoms with Crippen molar-refractivity contribution in [3.8, 4) is 0 Å². The maximum absolute atomic E-state index is 8.33. The first-order valence-corrected chi connectivity index (χ1v) is 11.3. The summed E-state index contributed by atoms with van der Waals surface area (Å²) in [6.07, 6.45) is 14.0. The van der Waals surface area contributed by atoms with E-state index in [0.717, 1.165) is 34.3 Å². The van der Waals surface area contributed by atoms with E-state index in [2.05, 4.69) is 6.92 Å². The van der Waals surface area contributed by atoms with Gasteiger partial charge in [0.1, 0.15) is 5.76 Å². The van der Waals surface area contributed by atoms with Crippen LogP contribution < -0.4 is 11.5 Å². The van der Waals surface area contributed by atoms with Crippen LogP contribution in [0.5, 0.6) is 0 Å². The number of nitrogens with two attached hydrogens (primary N) is 2. The summed E-state index contributed by atoms with van der Waals surface area (Å²) in [5, 5.41) is 8.98. The molecule has 0 spiro atoms. The molecule has 1 aromatic rings. The molecule has 0 unspecified atom stereocenters. The van der Waals surface area contributed by atoms with Crippen molar-refractivity contribution in [2.24, 2.45) is 11.5 Å². The largest absolute Gasteiger partial charge is 0.441 e. The zero-order valence-corrected chi connectivity index (χ0v) is 21.0. The first-order valence-electron chi connectivity index (χ1n) is 11.0. The van der Waals surface area contributed by atoms with Crippen LogP contribution in [0, 0.1) is 5.41 Å². The molecule has 0 radical (unpaired) electrons. The normalized spacial score (nSPS) is 15.1. The molecule has 1 rings (SSSR count). The molecule has 0 aliphatic heterocycles. The Balaban J connectivity index is 3.46. The van der Waals surface area contributed by atoms with E-state index in [1.54, 1.807) is 0 Å². The van der Waals surface area contributed by atoms with Crippen molar-refractivity contribution in [3.63, 3.8) is 0 Å². The van der Waals surface area contributed by atoms with Gasteiger partial charge in [0.2, 0.25) is 0 Å². The minimum Gasteiger partial charge on any atom is -0.441 e. The summed E-state index contributed by atoms with van der Waals surface area (Å²) in [5.74, 6) is 0.785. The highest BCUT2D eigenvalue weighted by Crippen LogP contribution is 2.27. The second-order valence-corrected chi connectivity index (χ2v) is 8.12. The van der Waals surface area contributed by atoms with Crippen LogP contribution in [-0.2, 0) is 4.74 Å². The number of ether oxygens (including phenoxy) is 1. The van der Waals surface area contributed by atoms with Gasteiger partial charge in [-0.05, 0) is 68.6 Å². The molecule has 0 saturated carbocycles. The lowest BCUT2D eigenvalue weighted by molar-refractivity contribution is 0.306. The summed E-state index contributed by atoms with van der Waals surface area (Å²) >= 11 is 6.12. The predicted molar refractivity (Wildman–Crippen MR) is 143 cm³/mol. The van der Waals surface area contributed by atoms with Crippen LogP contribution in [0.3, 0.4) is 0 Å². The molecule has 0 atom stereocenters.